The fraction of sp³-hybridized carbons (Fsp3) is 0.308. The molecule has 1 atom stereocenters. The normalized spacial score (nSPS) is 20.5. The summed E-state index contributed by atoms with van der Waals surface area (Å²) in [4.78, 5) is 6.43. The second-order valence-corrected chi connectivity index (χ2v) is 3.61. The third-order valence-corrected chi connectivity index (χ3v) is 2.35. The number of hydrogen-bond acceptors (Lipinski definition) is 2. The first-order chi connectivity index (χ1) is 7.15. The van der Waals surface area contributed by atoms with Crippen LogP contribution in [0, 0.1) is 0 Å². The van der Waals surface area contributed by atoms with E-state index in [9.17, 15) is 0 Å². The van der Waals surface area contributed by atoms with Crippen molar-refractivity contribution < 1.29 is 0 Å². The first kappa shape index (κ1) is 11.5. The third-order valence-electron chi connectivity index (χ3n) is 2.35. The van der Waals surface area contributed by atoms with Gasteiger partial charge in [0, 0.05) is 25.0 Å². The van der Waals surface area contributed by atoms with E-state index >= 15 is 0 Å². The molecule has 0 aromatic heterocycles. The first-order valence-corrected chi connectivity index (χ1v) is 5.09. The summed E-state index contributed by atoms with van der Waals surface area (Å²) in [5.74, 6) is 0. The Morgan fingerprint density at radius 1 is 1.67 bits per heavy atom. The van der Waals surface area contributed by atoms with Crippen molar-refractivity contribution in [1.82, 2.24) is 4.90 Å². The molecular weight excluding hydrogens is 184 g/mol. The number of hydrogen-bond donors (Lipinski definition) is 0. The molecule has 0 aromatic rings. The van der Waals surface area contributed by atoms with Crippen molar-refractivity contribution >= 4 is 6.21 Å². The molecular formula is C13H18N2. The van der Waals surface area contributed by atoms with E-state index in [1.165, 1.54) is 0 Å². The number of allylic oxidation sites excluding steroid dienone is 5. The molecule has 0 amide bonds. The van der Waals surface area contributed by atoms with Gasteiger partial charge in [0.05, 0.1) is 0 Å². The van der Waals surface area contributed by atoms with Crippen molar-refractivity contribution in [3.63, 3.8) is 0 Å². The molecule has 80 valence electrons. The summed E-state index contributed by atoms with van der Waals surface area (Å²) < 4.78 is 0. The fourth-order valence-electron chi connectivity index (χ4n) is 1.22. The van der Waals surface area contributed by atoms with Gasteiger partial charge in [-0.2, -0.15) is 0 Å². The zero-order valence-corrected chi connectivity index (χ0v) is 9.48. The smallest absolute Gasteiger partial charge is 0.117 e. The molecule has 2 heteroatoms. The quantitative estimate of drug-likeness (QED) is 0.505. The van der Waals surface area contributed by atoms with E-state index in [2.05, 4.69) is 36.2 Å². The van der Waals surface area contributed by atoms with E-state index in [0.717, 1.165) is 17.6 Å². The van der Waals surface area contributed by atoms with E-state index in [1.807, 2.05) is 31.5 Å². The van der Waals surface area contributed by atoms with Crippen LogP contribution in [-0.2, 0) is 0 Å². The Balaban J connectivity index is 2.65. The SMILES string of the molecule is C=CC/C=C\C(=C)C1=CN(C)C(C)N=C1. The maximum Gasteiger partial charge on any atom is 0.117 e. The van der Waals surface area contributed by atoms with Crippen molar-refractivity contribution in [2.24, 2.45) is 4.99 Å². The van der Waals surface area contributed by atoms with Crippen LogP contribution in [0.5, 0.6) is 0 Å². The van der Waals surface area contributed by atoms with Gasteiger partial charge in [0.1, 0.15) is 6.17 Å². The Morgan fingerprint density at radius 3 is 3.00 bits per heavy atom. The highest BCUT2D eigenvalue weighted by molar-refractivity contribution is 5.86. The van der Waals surface area contributed by atoms with E-state index < -0.39 is 0 Å². The van der Waals surface area contributed by atoms with Crippen LogP contribution in [0.25, 0.3) is 0 Å². The second-order valence-electron chi connectivity index (χ2n) is 3.61. The van der Waals surface area contributed by atoms with Gasteiger partial charge in [-0.1, -0.05) is 24.8 Å². The number of aliphatic imine (C=N–C) groups is 1. The highest BCUT2D eigenvalue weighted by Gasteiger charge is 2.09. The van der Waals surface area contributed by atoms with E-state index in [4.69, 9.17) is 0 Å². The lowest BCUT2D eigenvalue weighted by Gasteiger charge is -2.24. The summed E-state index contributed by atoms with van der Waals surface area (Å²) in [6.07, 6.45) is 10.9. The summed E-state index contributed by atoms with van der Waals surface area (Å²) in [6, 6.07) is 0. The molecule has 0 spiro atoms. The maximum atomic E-state index is 4.36. The Hall–Kier alpha value is -1.57. The minimum atomic E-state index is 0.221. The van der Waals surface area contributed by atoms with Crippen molar-refractivity contribution in [3.8, 4) is 0 Å². The predicted molar refractivity (Wildman–Crippen MR) is 66.9 cm³/mol. The monoisotopic (exact) mass is 202 g/mol. The van der Waals surface area contributed by atoms with E-state index in [-0.39, 0.29) is 6.17 Å². The summed E-state index contributed by atoms with van der Waals surface area (Å²) in [5.41, 5.74) is 2.05. The van der Waals surface area contributed by atoms with Crippen LogP contribution in [0.4, 0.5) is 0 Å². The summed E-state index contributed by atoms with van der Waals surface area (Å²) in [5, 5.41) is 0. The van der Waals surface area contributed by atoms with Crippen LogP contribution in [0.15, 0.2) is 53.7 Å². The molecule has 1 rings (SSSR count). The van der Waals surface area contributed by atoms with Crippen LogP contribution in [0.3, 0.4) is 0 Å². The summed E-state index contributed by atoms with van der Waals surface area (Å²) in [6.45, 7) is 9.72. The van der Waals surface area contributed by atoms with Gasteiger partial charge >= 0.3 is 0 Å². The average Bonchev–Trinajstić information content (AvgIpc) is 2.22. The standard InChI is InChI=1S/C13H18N2/c1-5-6-7-8-11(2)13-9-14-12(3)15(4)10-13/h5,7-10,12H,1-2,6H2,3-4H3/b8-7-. The van der Waals surface area contributed by atoms with E-state index in [0.29, 0.717) is 0 Å². The van der Waals surface area contributed by atoms with Crippen molar-refractivity contribution in [2.75, 3.05) is 7.05 Å². The molecule has 0 saturated heterocycles. The predicted octanol–water partition coefficient (Wildman–Crippen LogP) is 2.92. The molecule has 0 saturated carbocycles. The van der Waals surface area contributed by atoms with Gasteiger partial charge in [-0.25, -0.2) is 0 Å². The molecule has 0 fully saturated rings. The Bertz CT molecular complexity index is 334. The van der Waals surface area contributed by atoms with E-state index in [1.54, 1.807) is 0 Å². The number of rotatable bonds is 4. The van der Waals surface area contributed by atoms with Gasteiger partial charge in [0.2, 0.25) is 0 Å². The molecule has 1 unspecified atom stereocenters. The molecule has 0 N–H and O–H groups in total. The molecule has 15 heavy (non-hydrogen) atoms. The Morgan fingerprint density at radius 2 is 2.40 bits per heavy atom. The van der Waals surface area contributed by atoms with Crippen LogP contribution in [0.1, 0.15) is 13.3 Å². The highest BCUT2D eigenvalue weighted by atomic mass is 15.2. The largest absolute Gasteiger partial charge is 0.359 e. The van der Waals surface area contributed by atoms with Crippen molar-refractivity contribution in [3.05, 3.63) is 48.7 Å². The average molecular weight is 202 g/mol. The Kier molecular flexibility index (Phi) is 4.10. The van der Waals surface area contributed by atoms with Gasteiger partial charge < -0.3 is 4.90 Å². The minimum Gasteiger partial charge on any atom is -0.359 e. The lowest BCUT2D eigenvalue weighted by molar-refractivity contribution is 0.358. The number of nitrogens with zero attached hydrogens (tertiary/aromatic N) is 2. The molecule has 1 aliphatic heterocycles. The van der Waals surface area contributed by atoms with Gasteiger partial charge in [-0.3, -0.25) is 4.99 Å². The molecule has 1 aliphatic rings. The molecule has 2 nitrogen and oxygen atoms in total. The Labute approximate surface area is 92.0 Å². The van der Waals surface area contributed by atoms with Gasteiger partial charge in [0.25, 0.3) is 0 Å². The summed E-state index contributed by atoms with van der Waals surface area (Å²) in [7, 11) is 2.02. The van der Waals surface area contributed by atoms with Crippen LogP contribution in [0.2, 0.25) is 0 Å². The van der Waals surface area contributed by atoms with Crippen LogP contribution >= 0.6 is 0 Å². The highest BCUT2D eigenvalue weighted by Crippen LogP contribution is 2.14. The summed E-state index contributed by atoms with van der Waals surface area (Å²) >= 11 is 0. The lowest BCUT2D eigenvalue weighted by atomic mass is 10.1. The molecule has 0 bridgehead atoms. The minimum absolute atomic E-state index is 0.221. The zero-order chi connectivity index (χ0) is 11.3. The van der Waals surface area contributed by atoms with Crippen LogP contribution in [-0.4, -0.2) is 24.3 Å². The lowest BCUT2D eigenvalue weighted by Crippen LogP contribution is -2.25. The molecule has 1 heterocycles. The molecule has 0 aromatic carbocycles. The fourth-order valence-corrected chi connectivity index (χ4v) is 1.22. The maximum absolute atomic E-state index is 4.36. The second kappa shape index (κ2) is 5.35. The zero-order valence-electron chi connectivity index (χ0n) is 9.48. The van der Waals surface area contributed by atoms with Gasteiger partial charge in [0.15, 0.2) is 0 Å². The van der Waals surface area contributed by atoms with Crippen molar-refractivity contribution in [1.29, 1.82) is 0 Å². The van der Waals surface area contributed by atoms with Crippen molar-refractivity contribution in [2.45, 2.75) is 19.5 Å². The van der Waals surface area contributed by atoms with Gasteiger partial charge in [-0.05, 0) is 18.9 Å². The molecule has 0 radical (unpaired) electrons. The topological polar surface area (TPSA) is 15.6 Å². The first-order valence-electron chi connectivity index (χ1n) is 5.09. The van der Waals surface area contributed by atoms with Gasteiger partial charge in [-0.15, -0.1) is 6.58 Å². The molecule has 0 aliphatic carbocycles. The third kappa shape index (κ3) is 3.24. The van der Waals surface area contributed by atoms with Crippen LogP contribution < -0.4 is 0 Å².